The summed E-state index contributed by atoms with van der Waals surface area (Å²) >= 11 is 3.73. The van der Waals surface area contributed by atoms with Gasteiger partial charge in [0.15, 0.2) is 0 Å². The maximum absolute atomic E-state index is 5.74. The van der Waals surface area contributed by atoms with Gasteiger partial charge in [0, 0.05) is 92.3 Å². The van der Waals surface area contributed by atoms with Crippen molar-refractivity contribution in [2.75, 3.05) is 0 Å². The van der Waals surface area contributed by atoms with Crippen LogP contribution in [0.15, 0.2) is 237 Å². The molecule has 0 bridgehead atoms. The first kappa shape index (κ1) is 41.4. The van der Waals surface area contributed by atoms with Crippen molar-refractivity contribution in [1.29, 1.82) is 0 Å². The summed E-state index contributed by atoms with van der Waals surface area (Å²) < 4.78 is 10.0. The van der Waals surface area contributed by atoms with E-state index in [-0.39, 0.29) is 0 Å². The van der Waals surface area contributed by atoms with Crippen molar-refractivity contribution < 1.29 is 0 Å². The van der Waals surface area contributed by atoms with Crippen LogP contribution in [-0.4, -0.2) is 24.1 Å². The molecule has 344 valence electrons. The molecule has 0 atom stereocenters. The standard InChI is InChI=1S/C67H39N5S2/c1-3-17-40(18-4-1)60-61(41-19-5-2-6-20-41)70-63-59(43-22-16-24-45(38-43)72-56-30-12-8-26-47(56)51-34-36-53-49-28-10-14-32-58(49)74-67(53)65(51)72)68-39-54(62(63)69-60)42-21-15-23-44(37-42)71-55-29-11-7-25-46(55)50-33-35-52-48-27-9-13-31-57(48)73-66(52)64(50)71/h1-39H. The van der Waals surface area contributed by atoms with E-state index in [9.17, 15) is 0 Å². The zero-order valence-electron chi connectivity index (χ0n) is 39.6. The molecule has 0 fully saturated rings. The van der Waals surface area contributed by atoms with Crippen molar-refractivity contribution in [2.45, 2.75) is 0 Å². The number of aromatic nitrogens is 5. The van der Waals surface area contributed by atoms with Gasteiger partial charge in [-0.25, -0.2) is 9.97 Å². The third-order valence-corrected chi connectivity index (χ3v) is 17.3. The number of fused-ring (bicyclic) bond motifs is 15. The van der Waals surface area contributed by atoms with Crippen LogP contribution in [0.2, 0.25) is 0 Å². The van der Waals surface area contributed by atoms with E-state index in [1.807, 2.05) is 34.9 Å². The van der Waals surface area contributed by atoms with Gasteiger partial charge in [-0.3, -0.25) is 4.98 Å². The Bertz CT molecular complexity index is 4650. The van der Waals surface area contributed by atoms with Crippen molar-refractivity contribution in [3.63, 3.8) is 0 Å². The number of hydrogen-bond acceptors (Lipinski definition) is 5. The van der Waals surface area contributed by atoms with E-state index < -0.39 is 0 Å². The van der Waals surface area contributed by atoms with E-state index >= 15 is 0 Å². The van der Waals surface area contributed by atoms with Crippen LogP contribution in [0, 0.1) is 0 Å². The summed E-state index contributed by atoms with van der Waals surface area (Å²) in [5.74, 6) is 0. The minimum Gasteiger partial charge on any atom is -0.308 e. The summed E-state index contributed by atoms with van der Waals surface area (Å²) in [7, 11) is 0. The highest BCUT2D eigenvalue weighted by Gasteiger charge is 2.24. The second-order valence-electron chi connectivity index (χ2n) is 19.0. The smallest absolute Gasteiger partial charge is 0.116 e. The van der Waals surface area contributed by atoms with Gasteiger partial charge in [0.25, 0.3) is 0 Å². The fraction of sp³-hybridized carbons (Fsp3) is 0. The monoisotopic (exact) mass is 977 g/mol. The Balaban J connectivity index is 0.947. The number of pyridine rings is 1. The molecule has 0 spiro atoms. The average molecular weight is 978 g/mol. The van der Waals surface area contributed by atoms with Crippen molar-refractivity contribution in [1.82, 2.24) is 24.1 Å². The second kappa shape index (κ2) is 16.1. The van der Waals surface area contributed by atoms with Crippen molar-refractivity contribution in [3.8, 4) is 56.3 Å². The first-order valence-electron chi connectivity index (χ1n) is 24.9. The largest absolute Gasteiger partial charge is 0.308 e. The summed E-state index contributed by atoms with van der Waals surface area (Å²) in [6.45, 7) is 0. The quantitative estimate of drug-likeness (QED) is 0.167. The van der Waals surface area contributed by atoms with E-state index in [0.29, 0.717) is 0 Å². The van der Waals surface area contributed by atoms with Gasteiger partial charge in [-0.15, -0.1) is 22.7 Å². The van der Waals surface area contributed by atoms with Crippen LogP contribution in [0.3, 0.4) is 0 Å². The number of para-hydroxylation sites is 2. The molecule has 0 aliphatic rings. The zero-order valence-corrected chi connectivity index (χ0v) is 41.2. The highest BCUT2D eigenvalue weighted by Crippen LogP contribution is 2.46. The van der Waals surface area contributed by atoms with E-state index in [0.717, 1.165) is 78.3 Å². The fourth-order valence-corrected chi connectivity index (χ4v) is 14.1. The van der Waals surface area contributed by atoms with Gasteiger partial charge < -0.3 is 9.13 Å². The highest BCUT2D eigenvalue weighted by molar-refractivity contribution is 7.27. The molecule has 0 amide bonds. The van der Waals surface area contributed by atoms with Crippen LogP contribution in [-0.2, 0) is 0 Å². The first-order valence-corrected chi connectivity index (χ1v) is 26.6. The van der Waals surface area contributed by atoms with Crippen LogP contribution < -0.4 is 0 Å². The predicted molar refractivity (Wildman–Crippen MR) is 314 cm³/mol. The third-order valence-electron chi connectivity index (χ3n) is 14.9. The Hall–Kier alpha value is -9.27. The van der Waals surface area contributed by atoms with Crippen molar-refractivity contribution in [2.24, 2.45) is 0 Å². The van der Waals surface area contributed by atoms with Crippen LogP contribution in [0.4, 0.5) is 0 Å². The molecule has 74 heavy (non-hydrogen) atoms. The molecule has 0 aliphatic carbocycles. The minimum absolute atomic E-state index is 0.738. The number of benzene rings is 10. The van der Waals surface area contributed by atoms with Crippen molar-refractivity contribution >= 4 is 118 Å². The summed E-state index contributed by atoms with van der Waals surface area (Å²) in [4.78, 5) is 16.9. The van der Waals surface area contributed by atoms with Crippen LogP contribution in [0.5, 0.6) is 0 Å². The van der Waals surface area contributed by atoms with Crippen molar-refractivity contribution in [3.05, 3.63) is 237 Å². The average Bonchev–Trinajstić information content (AvgIpc) is 4.25. The number of hydrogen-bond donors (Lipinski definition) is 0. The first-order chi connectivity index (χ1) is 36.7. The molecule has 0 N–H and O–H groups in total. The maximum Gasteiger partial charge on any atom is 0.116 e. The predicted octanol–water partition coefficient (Wildman–Crippen LogP) is 18.6. The summed E-state index contributed by atoms with van der Waals surface area (Å²) in [6, 6.07) is 82.9. The number of nitrogens with zero attached hydrogens (tertiary/aromatic N) is 5. The lowest BCUT2D eigenvalue weighted by atomic mass is 9.99. The molecule has 10 aromatic carbocycles. The Labute approximate surface area is 432 Å². The zero-order chi connectivity index (χ0) is 48.4. The molecular weight excluding hydrogens is 939 g/mol. The number of rotatable bonds is 6. The van der Waals surface area contributed by atoms with Gasteiger partial charge in [-0.1, -0.05) is 182 Å². The Kier molecular flexibility index (Phi) is 9.01. The van der Waals surface area contributed by atoms with E-state index in [2.05, 4.69) is 234 Å². The Morgan fingerprint density at radius 3 is 1.30 bits per heavy atom. The van der Waals surface area contributed by atoms with E-state index in [4.69, 9.17) is 15.0 Å². The minimum atomic E-state index is 0.738. The normalized spacial score (nSPS) is 12.1. The molecule has 0 radical (unpaired) electrons. The van der Waals surface area contributed by atoms with Gasteiger partial charge >= 0.3 is 0 Å². The molecule has 0 aliphatic heterocycles. The van der Waals surface area contributed by atoms with Gasteiger partial charge in [-0.05, 0) is 54.1 Å². The van der Waals surface area contributed by atoms with Gasteiger partial charge in [0.2, 0.25) is 0 Å². The molecular formula is C67H39N5S2. The fourth-order valence-electron chi connectivity index (χ4n) is 11.7. The van der Waals surface area contributed by atoms with Crippen LogP contribution in [0.25, 0.3) is 151 Å². The molecule has 16 aromatic rings. The number of thiophene rings is 2. The van der Waals surface area contributed by atoms with E-state index in [1.54, 1.807) is 0 Å². The lowest BCUT2D eigenvalue weighted by molar-refractivity contribution is 1.18. The lowest BCUT2D eigenvalue weighted by Crippen LogP contribution is -2.01. The SMILES string of the molecule is c1ccc(-c2nc3c(-c4cccc(-n5c6ccccc6c6ccc7c8ccccc8sc7c65)c4)cnc(-c4cccc(-n5c6ccccc6c6ccc7c8ccccc8sc7c65)c4)c3nc2-c2ccccc2)cc1. The third kappa shape index (κ3) is 6.11. The Morgan fingerprint density at radius 2 is 0.743 bits per heavy atom. The molecule has 0 unspecified atom stereocenters. The molecule has 0 saturated carbocycles. The van der Waals surface area contributed by atoms with Crippen LogP contribution >= 0.6 is 22.7 Å². The molecule has 7 heteroatoms. The molecule has 5 nitrogen and oxygen atoms in total. The maximum atomic E-state index is 5.74. The molecule has 0 saturated heterocycles. The van der Waals surface area contributed by atoms with Gasteiger partial charge in [-0.2, -0.15) is 0 Å². The summed E-state index contributed by atoms with van der Waals surface area (Å²) in [6.07, 6.45) is 2.02. The van der Waals surface area contributed by atoms with E-state index in [1.165, 1.54) is 72.9 Å². The topological polar surface area (TPSA) is 48.5 Å². The van der Waals surface area contributed by atoms with Crippen LogP contribution in [0.1, 0.15) is 0 Å². The molecule has 6 aromatic heterocycles. The molecule has 6 heterocycles. The highest BCUT2D eigenvalue weighted by atomic mass is 32.1. The molecule has 16 rings (SSSR count). The van der Waals surface area contributed by atoms with Gasteiger partial charge in [0.05, 0.1) is 48.5 Å². The Morgan fingerprint density at radius 1 is 0.311 bits per heavy atom. The summed E-state index contributed by atoms with van der Waals surface area (Å²) in [5.41, 5.74) is 15.7. The second-order valence-corrected chi connectivity index (χ2v) is 21.2. The summed E-state index contributed by atoms with van der Waals surface area (Å²) in [5, 5.41) is 10.1. The lowest BCUT2D eigenvalue weighted by Gasteiger charge is -2.17. The van der Waals surface area contributed by atoms with Gasteiger partial charge in [0.1, 0.15) is 11.0 Å².